The van der Waals surface area contributed by atoms with Crippen molar-refractivity contribution in [2.45, 2.75) is 25.3 Å². The zero-order valence-electron chi connectivity index (χ0n) is 18.8. The molecule has 10 nitrogen and oxygen atoms in total. The van der Waals surface area contributed by atoms with Crippen molar-refractivity contribution in [1.82, 2.24) is 10.2 Å². The van der Waals surface area contributed by atoms with Gasteiger partial charge in [0.15, 0.2) is 5.84 Å². The quantitative estimate of drug-likeness (QED) is 0.179. The lowest BCUT2D eigenvalue weighted by atomic mass is 10.0. The fourth-order valence-corrected chi connectivity index (χ4v) is 3.88. The normalized spacial score (nSPS) is 15.2. The van der Waals surface area contributed by atoms with E-state index in [0.717, 1.165) is 11.3 Å². The fraction of sp³-hybridized carbons (Fsp3) is 0.333. The molecule has 0 bridgehead atoms. The number of nitrogens with one attached hydrogen (secondary N) is 1. The molecule has 34 heavy (non-hydrogen) atoms. The van der Waals surface area contributed by atoms with E-state index >= 15 is 0 Å². The van der Waals surface area contributed by atoms with Crippen molar-refractivity contribution in [1.29, 1.82) is 0 Å². The Bertz CT molecular complexity index is 1030. The van der Waals surface area contributed by atoms with Crippen molar-refractivity contribution < 1.29 is 24.7 Å². The van der Waals surface area contributed by atoms with Gasteiger partial charge in [0.25, 0.3) is 0 Å². The molecule has 1 aliphatic heterocycles. The number of carbonyl (C=O) groups excluding carboxylic acids is 2. The number of carboxylic acid groups (broad SMARTS) is 1. The third-order valence-corrected chi connectivity index (χ3v) is 5.71. The second kappa shape index (κ2) is 11.7. The molecule has 0 saturated carbocycles. The molecule has 2 amide bonds. The Hall–Kier alpha value is -4.08. The summed E-state index contributed by atoms with van der Waals surface area (Å²) in [6, 6.07) is 16.1. The summed E-state index contributed by atoms with van der Waals surface area (Å²) < 4.78 is 0. The third kappa shape index (κ3) is 6.71. The maximum atomic E-state index is 12.7. The van der Waals surface area contributed by atoms with E-state index in [9.17, 15) is 14.4 Å². The van der Waals surface area contributed by atoms with E-state index in [1.807, 2.05) is 35.2 Å². The van der Waals surface area contributed by atoms with Gasteiger partial charge in [-0.3, -0.25) is 14.4 Å². The van der Waals surface area contributed by atoms with E-state index < -0.39 is 5.97 Å². The Morgan fingerprint density at radius 2 is 1.79 bits per heavy atom. The molecule has 1 fully saturated rings. The summed E-state index contributed by atoms with van der Waals surface area (Å²) in [5, 5.41) is 23.6. The predicted molar refractivity (Wildman–Crippen MR) is 127 cm³/mol. The standard InChI is InChI=1S/C24H29N5O5/c25-24(27-34)18-9-11-19(12-10-18)28-13-14-29(22(31)16-28)15-21(30)26-20(7-4-8-23(32)33)17-5-2-1-3-6-17/h1-3,5-6,9-12,20,34H,4,7-8,13-16H2,(H2,25,27)(H,26,30)(H,32,33). The van der Waals surface area contributed by atoms with Crippen molar-refractivity contribution in [3.8, 4) is 0 Å². The molecule has 0 spiro atoms. The zero-order chi connectivity index (χ0) is 24.5. The van der Waals surface area contributed by atoms with Crippen LogP contribution in [0.15, 0.2) is 59.8 Å². The molecule has 0 aromatic heterocycles. The average molecular weight is 468 g/mol. The lowest BCUT2D eigenvalue weighted by Crippen LogP contribution is -2.53. The SMILES string of the molecule is N/C(=N/O)c1ccc(N2CCN(CC(=O)NC(CCCC(=O)O)c3ccccc3)C(=O)C2)cc1. The minimum absolute atomic E-state index is 0.00947. The van der Waals surface area contributed by atoms with Crippen molar-refractivity contribution in [3.05, 3.63) is 65.7 Å². The van der Waals surface area contributed by atoms with Crippen LogP contribution in [0.25, 0.3) is 0 Å². The number of hydrogen-bond donors (Lipinski definition) is 4. The van der Waals surface area contributed by atoms with Gasteiger partial charge in [-0.25, -0.2) is 0 Å². The van der Waals surface area contributed by atoms with Gasteiger partial charge in [0.05, 0.1) is 19.1 Å². The van der Waals surface area contributed by atoms with Crippen LogP contribution in [0.3, 0.4) is 0 Å². The monoisotopic (exact) mass is 467 g/mol. The number of hydrogen-bond acceptors (Lipinski definition) is 6. The number of nitrogens with two attached hydrogens (primary N) is 1. The first-order valence-corrected chi connectivity index (χ1v) is 11.0. The molecule has 2 aromatic rings. The number of anilines is 1. The van der Waals surface area contributed by atoms with Crippen LogP contribution in [0, 0.1) is 0 Å². The van der Waals surface area contributed by atoms with E-state index in [1.54, 1.807) is 24.3 Å². The van der Waals surface area contributed by atoms with E-state index in [0.29, 0.717) is 31.5 Å². The first kappa shape index (κ1) is 24.6. The average Bonchev–Trinajstić information content (AvgIpc) is 2.84. The predicted octanol–water partition coefficient (Wildman–Crippen LogP) is 1.54. The van der Waals surface area contributed by atoms with E-state index in [4.69, 9.17) is 16.0 Å². The topological polar surface area (TPSA) is 149 Å². The molecular weight excluding hydrogens is 438 g/mol. The van der Waals surface area contributed by atoms with Gasteiger partial charge in [-0.05, 0) is 42.7 Å². The molecule has 1 heterocycles. The minimum Gasteiger partial charge on any atom is -0.481 e. The first-order chi connectivity index (χ1) is 16.4. The van der Waals surface area contributed by atoms with Crippen LogP contribution >= 0.6 is 0 Å². The number of piperazine rings is 1. The Balaban J connectivity index is 1.56. The Labute approximate surface area is 197 Å². The highest BCUT2D eigenvalue weighted by Gasteiger charge is 2.26. The summed E-state index contributed by atoms with van der Waals surface area (Å²) in [5.74, 6) is -1.31. The number of benzene rings is 2. The van der Waals surface area contributed by atoms with Gasteiger partial charge in [0.1, 0.15) is 0 Å². The van der Waals surface area contributed by atoms with E-state index in [-0.39, 0.29) is 43.2 Å². The Morgan fingerprint density at radius 3 is 2.41 bits per heavy atom. The molecule has 1 unspecified atom stereocenters. The van der Waals surface area contributed by atoms with Gasteiger partial charge in [-0.1, -0.05) is 35.5 Å². The number of carboxylic acids is 1. The summed E-state index contributed by atoms with van der Waals surface area (Å²) in [5.41, 5.74) is 7.88. The van der Waals surface area contributed by atoms with Crippen molar-refractivity contribution in [2.24, 2.45) is 10.9 Å². The number of nitrogens with zero attached hydrogens (tertiary/aromatic N) is 3. The number of aliphatic carboxylic acids is 1. The summed E-state index contributed by atoms with van der Waals surface area (Å²) >= 11 is 0. The minimum atomic E-state index is -0.874. The molecular formula is C24H29N5O5. The van der Waals surface area contributed by atoms with Crippen LogP contribution in [0.4, 0.5) is 5.69 Å². The molecule has 1 aliphatic rings. The molecule has 2 aromatic carbocycles. The van der Waals surface area contributed by atoms with Gasteiger partial charge < -0.3 is 31.2 Å². The molecule has 10 heteroatoms. The van der Waals surface area contributed by atoms with Gasteiger partial charge in [-0.2, -0.15) is 0 Å². The first-order valence-electron chi connectivity index (χ1n) is 11.0. The van der Waals surface area contributed by atoms with Crippen LogP contribution in [0.2, 0.25) is 0 Å². The van der Waals surface area contributed by atoms with Crippen LogP contribution in [-0.4, -0.2) is 65.0 Å². The largest absolute Gasteiger partial charge is 0.481 e. The molecule has 1 atom stereocenters. The summed E-state index contributed by atoms with van der Waals surface area (Å²) in [6.07, 6.45) is 0.951. The van der Waals surface area contributed by atoms with E-state index in [1.165, 1.54) is 4.90 Å². The number of carbonyl (C=O) groups is 3. The van der Waals surface area contributed by atoms with Crippen LogP contribution in [0.1, 0.15) is 36.4 Å². The van der Waals surface area contributed by atoms with Crippen molar-refractivity contribution in [2.75, 3.05) is 31.1 Å². The highest BCUT2D eigenvalue weighted by atomic mass is 16.4. The molecule has 180 valence electrons. The molecule has 0 radical (unpaired) electrons. The Morgan fingerprint density at radius 1 is 1.09 bits per heavy atom. The van der Waals surface area contributed by atoms with E-state index in [2.05, 4.69) is 10.5 Å². The van der Waals surface area contributed by atoms with Gasteiger partial charge in [0.2, 0.25) is 11.8 Å². The van der Waals surface area contributed by atoms with Gasteiger partial charge in [0, 0.05) is 30.8 Å². The lowest BCUT2D eigenvalue weighted by molar-refractivity contribution is -0.137. The Kier molecular flexibility index (Phi) is 8.44. The molecule has 5 N–H and O–H groups in total. The van der Waals surface area contributed by atoms with Gasteiger partial charge >= 0.3 is 5.97 Å². The summed E-state index contributed by atoms with van der Waals surface area (Å²) in [6.45, 7) is 1.03. The number of amides is 2. The second-order valence-corrected chi connectivity index (χ2v) is 8.09. The van der Waals surface area contributed by atoms with Gasteiger partial charge in [-0.15, -0.1) is 0 Å². The number of rotatable bonds is 10. The van der Waals surface area contributed by atoms with Crippen LogP contribution in [-0.2, 0) is 14.4 Å². The summed E-state index contributed by atoms with van der Waals surface area (Å²) in [4.78, 5) is 39.7. The summed E-state index contributed by atoms with van der Waals surface area (Å²) in [7, 11) is 0. The van der Waals surface area contributed by atoms with Crippen molar-refractivity contribution in [3.63, 3.8) is 0 Å². The molecule has 0 aliphatic carbocycles. The maximum absolute atomic E-state index is 12.7. The van der Waals surface area contributed by atoms with Crippen LogP contribution < -0.4 is 16.0 Å². The molecule has 3 rings (SSSR count). The third-order valence-electron chi connectivity index (χ3n) is 5.71. The lowest BCUT2D eigenvalue weighted by Gasteiger charge is -2.35. The second-order valence-electron chi connectivity index (χ2n) is 8.09. The maximum Gasteiger partial charge on any atom is 0.303 e. The number of amidine groups is 1. The highest BCUT2D eigenvalue weighted by molar-refractivity contribution is 5.97. The zero-order valence-corrected chi connectivity index (χ0v) is 18.8. The molecule has 1 saturated heterocycles. The smallest absolute Gasteiger partial charge is 0.303 e. The highest BCUT2D eigenvalue weighted by Crippen LogP contribution is 2.20. The van der Waals surface area contributed by atoms with Crippen LogP contribution in [0.5, 0.6) is 0 Å². The van der Waals surface area contributed by atoms with Crippen molar-refractivity contribution >= 4 is 29.3 Å². The number of oxime groups is 1. The fourth-order valence-electron chi connectivity index (χ4n) is 3.88.